The van der Waals surface area contributed by atoms with E-state index in [1.54, 1.807) is 4.40 Å². The van der Waals surface area contributed by atoms with Crippen molar-refractivity contribution in [2.24, 2.45) is 0 Å². The van der Waals surface area contributed by atoms with E-state index in [-0.39, 0.29) is 5.56 Å². The molecule has 0 radical (unpaired) electrons. The molecule has 0 aliphatic rings. The lowest BCUT2D eigenvalue weighted by atomic mass is 10.4. The third-order valence-electron chi connectivity index (χ3n) is 1.75. The Balaban J connectivity index is 0.000000461. The Labute approximate surface area is 81.8 Å². The second-order valence-corrected chi connectivity index (χ2v) is 2.68. The number of fused-ring (bicyclic) bond motifs is 1. The van der Waals surface area contributed by atoms with Gasteiger partial charge in [0.2, 0.25) is 5.78 Å². The van der Waals surface area contributed by atoms with Gasteiger partial charge in [-0.3, -0.25) is 14.2 Å². The van der Waals surface area contributed by atoms with Gasteiger partial charge in [-0.15, -0.1) is 10.2 Å². The third-order valence-corrected chi connectivity index (χ3v) is 1.75. The molecule has 0 bridgehead atoms. The fourth-order valence-corrected chi connectivity index (χ4v) is 1.27. The highest BCUT2D eigenvalue weighted by Crippen LogP contribution is 2.00. The minimum Gasteiger partial charge on any atom is -0.291 e. The van der Waals surface area contributed by atoms with Crippen LogP contribution in [0, 0.1) is 13.8 Å². The van der Waals surface area contributed by atoms with Crippen LogP contribution in [0.25, 0.3) is 5.78 Å². The molecule has 5 heteroatoms. The van der Waals surface area contributed by atoms with Gasteiger partial charge in [-0.1, -0.05) is 13.8 Å². The number of hydrogen-bond donors (Lipinski definition) is 1. The number of aromatic amines is 1. The number of nitrogens with one attached hydrogen (secondary N) is 1. The maximum Gasteiger partial charge on any atom is 0.252 e. The first-order valence-corrected chi connectivity index (χ1v) is 4.60. The molecule has 2 aromatic rings. The highest BCUT2D eigenvalue weighted by atomic mass is 16.1. The summed E-state index contributed by atoms with van der Waals surface area (Å²) in [5.74, 6) is 1.27. The van der Waals surface area contributed by atoms with Crippen LogP contribution in [0.1, 0.15) is 25.4 Å². The van der Waals surface area contributed by atoms with Crippen LogP contribution in [0.15, 0.2) is 10.9 Å². The zero-order valence-corrected chi connectivity index (χ0v) is 8.83. The Morgan fingerprint density at radius 3 is 2.57 bits per heavy atom. The van der Waals surface area contributed by atoms with Crippen molar-refractivity contribution in [3.8, 4) is 0 Å². The van der Waals surface area contributed by atoms with E-state index in [1.807, 2.05) is 27.7 Å². The average Bonchev–Trinajstić information content (AvgIpc) is 2.51. The number of nitrogens with zero attached hydrogens (tertiary/aromatic N) is 3. The molecule has 0 unspecified atom stereocenters. The van der Waals surface area contributed by atoms with Crippen LogP contribution in [0.3, 0.4) is 0 Å². The monoisotopic (exact) mass is 194 g/mol. The van der Waals surface area contributed by atoms with E-state index < -0.39 is 0 Å². The molecule has 14 heavy (non-hydrogen) atoms. The molecule has 2 rings (SSSR count). The van der Waals surface area contributed by atoms with Crippen molar-refractivity contribution in [1.29, 1.82) is 0 Å². The van der Waals surface area contributed by atoms with Gasteiger partial charge in [0.1, 0.15) is 5.82 Å². The van der Waals surface area contributed by atoms with E-state index in [1.165, 1.54) is 6.07 Å². The zero-order valence-electron chi connectivity index (χ0n) is 8.83. The summed E-state index contributed by atoms with van der Waals surface area (Å²) in [7, 11) is 0. The molecule has 0 aromatic carbocycles. The summed E-state index contributed by atoms with van der Waals surface area (Å²) in [5.41, 5.74) is 0.698. The van der Waals surface area contributed by atoms with Crippen LogP contribution < -0.4 is 5.56 Å². The van der Waals surface area contributed by atoms with Crippen LogP contribution >= 0.6 is 0 Å². The fourth-order valence-electron chi connectivity index (χ4n) is 1.27. The zero-order chi connectivity index (χ0) is 10.7. The summed E-state index contributed by atoms with van der Waals surface area (Å²) in [6, 6.07) is 1.52. The molecular formula is C9H14N4O. The Morgan fingerprint density at radius 1 is 1.29 bits per heavy atom. The van der Waals surface area contributed by atoms with E-state index in [0.717, 1.165) is 11.5 Å². The molecule has 0 spiro atoms. The summed E-state index contributed by atoms with van der Waals surface area (Å²) >= 11 is 0. The highest BCUT2D eigenvalue weighted by Gasteiger charge is 2.03. The lowest BCUT2D eigenvalue weighted by Crippen LogP contribution is -2.09. The van der Waals surface area contributed by atoms with E-state index in [4.69, 9.17) is 0 Å². The lowest BCUT2D eigenvalue weighted by Gasteiger charge is -1.97. The van der Waals surface area contributed by atoms with Gasteiger partial charge in [-0.05, 0) is 13.8 Å². The molecule has 76 valence electrons. The predicted molar refractivity (Wildman–Crippen MR) is 54.4 cm³/mol. The van der Waals surface area contributed by atoms with Crippen molar-refractivity contribution in [3.63, 3.8) is 0 Å². The van der Waals surface area contributed by atoms with Crippen molar-refractivity contribution in [1.82, 2.24) is 19.6 Å². The van der Waals surface area contributed by atoms with Crippen LogP contribution in [-0.2, 0) is 0 Å². The lowest BCUT2D eigenvalue weighted by molar-refractivity contribution is 0.962. The van der Waals surface area contributed by atoms with Gasteiger partial charge in [0.15, 0.2) is 0 Å². The summed E-state index contributed by atoms with van der Waals surface area (Å²) in [4.78, 5) is 13.6. The average molecular weight is 194 g/mol. The topological polar surface area (TPSA) is 63.0 Å². The molecule has 5 nitrogen and oxygen atoms in total. The number of hydrogen-bond acceptors (Lipinski definition) is 3. The van der Waals surface area contributed by atoms with Gasteiger partial charge >= 0.3 is 0 Å². The van der Waals surface area contributed by atoms with Crippen molar-refractivity contribution < 1.29 is 0 Å². The van der Waals surface area contributed by atoms with Crippen molar-refractivity contribution in [2.75, 3.05) is 0 Å². The summed E-state index contributed by atoms with van der Waals surface area (Å²) in [5, 5.41) is 7.64. The second-order valence-electron chi connectivity index (χ2n) is 2.68. The Kier molecular flexibility index (Phi) is 3.01. The number of rotatable bonds is 0. The summed E-state index contributed by atoms with van der Waals surface area (Å²) in [6.07, 6.45) is 0. The van der Waals surface area contributed by atoms with Crippen molar-refractivity contribution in [3.05, 3.63) is 27.9 Å². The molecule has 0 aliphatic carbocycles. The van der Waals surface area contributed by atoms with Crippen molar-refractivity contribution >= 4 is 5.78 Å². The minimum atomic E-state index is -0.146. The standard InChI is InChI=1S/C7H8N4O.C2H6/c1-4-3-6(12)8-7-10-9-5(2)11(4)7;1-2/h3H,1-2H3,(H,8,10,12);1-2H3. The second kappa shape index (κ2) is 4.04. The summed E-state index contributed by atoms with van der Waals surface area (Å²) in [6.45, 7) is 7.68. The fraction of sp³-hybridized carbons (Fsp3) is 0.444. The largest absolute Gasteiger partial charge is 0.291 e. The quantitative estimate of drug-likeness (QED) is 0.682. The van der Waals surface area contributed by atoms with E-state index in [0.29, 0.717) is 5.78 Å². The highest BCUT2D eigenvalue weighted by molar-refractivity contribution is 5.29. The molecule has 2 aromatic heterocycles. The van der Waals surface area contributed by atoms with Crippen LogP contribution in [0.2, 0.25) is 0 Å². The smallest absolute Gasteiger partial charge is 0.252 e. The van der Waals surface area contributed by atoms with Gasteiger partial charge in [0.05, 0.1) is 0 Å². The van der Waals surface area contributed by atoms with Crippen molar-refractivity contribution in [2.45, 2.75) is 27.7 Å². The Morgan fingerprint density at radius 2 is 1.93 bits per heavy atom. The maximum absolute atomic E-state index is 11.0. The first kappa shape index (κ1) is 10.4. The molecule has 0 amide bonds. The molecule has 0 saturated carbocycles. The molecule has 0 aliphatic heterocycles. The molecule has 0 saturated heterocycles. The van der Waals surface area contributed by atoms with Gasteiger partial charge in [-0.2, -0.15) is 0 Å². The molecule has 2 heterocycles. The van der Waals surface area contributed by atoms with E-state index >= 15 is 0 Å². The first-order chi connectivity index (χ1) is 6.68. The van der Waals surface area contributed by atoms with Crippen LogP contribution in [0.4, 0.5) is 0 Å². The molecular weight excluding hydrogens is 180 g/mol. The molecule has 0 atom stereocenters. The van der Waals surface area contributed by atoms with E-state index in [9.17, 15) is 4.79 Å². The normalized spacial score (nSPS) is 9.71. The molecule has 0 fully saturated rings. The van der Waals surface area contributed by atoms with E-state index in [2.05, 4.69) is 15.2 Å². The van der Waals surface area contributed by atoms with Gasteiger partial charge in [0, 0.05) is 11.8 Å². The number of H-pyrrole nitrogens is 1. The van der Waals surface area contributed by atoms with Crippen LogP contribution in [0.5, 0.6) is 0 Å². The van der Waals surface area contributed by atoms with Gasteiger partial charge in [0.25, 0.3) is 5.56 Å². The molecule has 1 N–H and O–H groups in total. The number of aromatic nitrogens is 4. The first-order valence-electron chi connectivity index (χ1n) is 4.60. The van der Waals surface area contributed by atoms with Crippen LogP contribution in [-0.4, -0.2) is 19.6 Å². The maximum atomic E-state index is 11.0. The third kappa shape index (κ3) is 1.66. The number of aryl methyl sites for hydroxylation is 2. The Bertz CT molecular complexity index is 483. The van der Waals surface area contributed by atoms with Gasteiger partial charge < -0.3 is 0 Å². The Hall–Kier alpha value is -1.65. The van der Waals surface area contributed by atoms with Gasteiger partial charge in [-0.25, -0.2) is 0 Å². The SMILES string of the molecule is CC.Cc1cc(=O)[nH]c2nnc(C)n12. The predicted octanol–water partition coefficient (Wildman–Crippen LogP) is 1.06. The minimum absolute atomic E-state index is 0.146. The summed E-state index contributed by atoms with van der Waals surface area (Å²) < 4.78 is 1.79.